The lowest BCUT2D eigenvalue weighted by atomic mass is 10.0. The quantitative estimate of drug-likeness (QED) is 0.550. The summed E-state index contributed by atoms with van der Waals surface area (Å²) < 4.78 is 0. The molecular formula is C23H17ClN2O3S. The number of fused-ring (bicyclic) bond motifs is 1. The summed E-state index contributed by atoms with van der Waals surface area (Å²) in [6, 6.07) is 18.7. The van der Waals surface area contributed by atoms with Crippen molar-refractivity contribution in [3.05, 3.63) is 81.7 Å². The van der Waals surface area contributed by atoms with E-state index in [-0.39, 0.29) is 6.54 Å². The largest absolute Gasteiger partial charge is 0.324 e. The van der Waals surface area contributed by atoms with Gasteiger partial charge in [-0.25, -0.2) is 0 Å². The lowest BCUT2D eigenvalue weighted by Crippen LogP contribution is -2.36. The third-order valence-corrected chi connectivity index (χ3v) is 5.90. The predicted octanol–water partition coefficient (Wildman–Crippen LogP) is 5.48. The minimum Gasteiger partial charge on any atom is -0.324 e. The molecule has 3 amide bonds. The number of carbonyl (C=O) groups is 3. The summed E-state index contributed by atoms with van der Waals surface area (Å²) in [5.41, 5.74) is 2.22. The van der Waals surface area contributed by atoms with Gasteiger partial charge >= 0.3 is 0 Å². The van der Waals surface area contributed by atoms with Crippen LogP contribution in [0, 0.1) is 6.92 Å². The van der Waals surface area contributed by atoms with E-state index in [4.69, 9.17) is 11.6 Å². The summed E-state index contributed by atoms with van der Waals surface area (Å²) in [6.07, 6.45) is 1.70. The zero-order chi connectivity index (χ0) is 21.3. The maximum absolute atomic E-state index is 12.8. The summed E-state index contributed by atoms with van der Waals surface area (Å²) in [7, 11) is 0. The van der Waals surface area contributed by atoms with Crippen LogP contribution in [0.25, 0.3) is 16.8 Å². The fourth-order valence-electron chi connectivity index (χ4n) is 3.22. The lowest BCUT2D eigenvalue weighted by Gasteiger charge is -2.13. The minimum atomic E-state index is -0.476. The van der Waals surface area contributed by atoms with Crippen LogP contribution in [-0.4, -0.2) is 28.5 Å². The second-order valence-corrected chi connectivity index (χ2v) is 8.27. The highest BCUT2D eigenvalue weighted by molar-refractivity contribution is 8.18. The van der Waals surface area contributed by atoms with Gasteiger partial charge in [-0.1, -0.05) is 60.1 Å². The molecule has 0 atom stereocenters. The van der Waals surface area contributed by atoms with E-state index in [9.17, 15) is 14.4 Å². The summed E-state index contributed by atoms with van der Waals surface area (Å²) in [4.78, 5) is 38.8. The topological polar surface area (TPSA) is 66.5 Å². The van der Waals surface area contributed by atoms with Crippen molar-refractivity contribution in [3.8, 4) is 0 Å². The van der Waals surface area contributed by atoms with Crippen LogP contribution < -0.4 is 5.32 Å². The van der Waals surface area contributed by atoms with Crippen LogP contribution in [0.5, 0.6) is 0 Å². The van der Waals surface area contributed by atoms with E-state index in [1.54, 1.807) is 24.3 Å². The minimum absolute atomic E-state index is 0.295. The molecule has 0 spiro atoms. The molecule has 3 aromatic rings. The van der Waals surface area contributed by atoms with E-state index in [0.717, 1.165) is 38.6 Å². The molecule has 0 saturated carbocycles. The number of carbonyl (C=O) groups excluding carboxylic acids is 3. The van der Waals surface area contributed by atoms with Gasteiger partial charge in [-0.2, -0.15) is 0 Å². The number of rotatable bonds is 4. The molecule has 0 bridgehead atoms. The third-order valence-electron chi connectivity index (χ3n) is 4.76. The molecule has 1 saturated heterocycles. The van der Waals surface area contributed by atoms with E-state index >= 15 is 0 Å². The molecule has 1 aliphatic rings. The Morgan fingerprint density at radius 3 is 2.70 bits per heavy atom. The average Bonchev–Trinajstić information content (AvgIpc) is 2.98. The Hall–Kier alpha value is -3.09. The zero-order valence-corrected chi connectivity index (χ0v) is 17.6. The molecule has 0 radical (unpaired) electrons. The van der Waals surface area contributed by atoms with Crippen LogP contribution in [0.4, 0.5) is 10.5 Å². The second kappa shape index (κ2) is 8.34. The number of hydrogen-bond acceptors (Lipinski definition) is 4. The molecule has 1 N–H and O–H groups in total. The first-order chi connectivity index (χ1) is 14.4. The standard InChI is InChI=1S/C23H17ClN2O3S/c1-14-9-10-17(24)12-19(14)25-21(27)13-26-22(28)20(30-23(26)29)11-16-7-4-6-15-5-2-3-8-18(15)16/h2-12H,13H2,1H3,(H,25,27)/b20-11+. The van der Waals surface area contributed by atoms with E-state index in [0.29, 0.717) is 15.6 Å². The van der Waals surface area contributed by atoms with Crippen molar-refractivity contribution in [2.75, 3.05) is 11.9 Å². The smallest absolute Gasteiger partial charge is 0.294 e. The van der Waals surface area contributed by atoms with Crippen LogP contribution in [-0.2, 0) is 9.59 Å². The molecule has 4 rings (SSSR count). The lowest BCUT2D eigenvalue weighted by molar-refractivity contribution is -0.127. The first-order valence-electron chi connectivity index (χ1n) is 9.21. The Kier molecular flexibility index (Phi) is 5.61. The second-order valence-electron chi connectivity index (χ2n) is 6.84. The summed E-state index contributed by atoms with van der Waals surface area (Å²) in [6.45, 7) is 1.47. The number of halogens is 1. The Bertz CT molecular complexity index is 1220. The summed E-state index contributed by atoms with van der Waals surface area (Å²) in [5, 5.41) is 4.76. The van der Waals surface area contributed by atoms with Crippen LogP contribution >= 0.6 is 23.4 Å². The highest BCUT2D eigenvalue weighted by atomic mass is 35.5. The normalized spacial score (nSPS) is 15.3. The molecule has 1 heterocycles. The van der Waals surface area contributed by atoms with Crippen LogP contribution in [0.15, 0.2) is 65.6 Å². The van der Waals surface area contributed by atoms with Crippen LogP contribution in [0.2, 0.25) is 5.02 Å². The number of anilines is 1. The van der Waals surface area contributed by atoms with Gasteiger partial charge in [-0.05, 0) is 58.8 Å². The van der Waals surface area contributed by atoms with Gasteiger partial charge in [-0.3, -0.25) is 19.3 Å². The molecule has 30 heavy (non-hydrogen) atoms. The molecule has 7 heteroatoms. The number of hydrogen-bond donors (Lipinski definition) is 1. The SMILES string of the molecule is Cc1ccc(Cl)cc1NC(=O)CN1C(=O)S/C(=C/c2cccc3ccccc23)C1=O. The summed E-state index contributed by atoms with van der Waals surface area (Å²) >= 11 is 6.81. The van der Waals surface area contributed by atoms with Crippen molar-refractivity contribution in [3.63, 3.8) is 0 Å². The highest BCUT2D eigenvalue weighted by Gasteiger charge is 2.36. The monoisotopic (exact) mass is 436 g/mol. The molecule has 150 valence electrons. The fraction of sp³-hybridized carbons (Fsp3) is 0.0870. The van der Waals surface area contributed by atoms with Crippen molar-refractivity contribution in [1.82, 2.24) is 4.90 Å². The average molecular weight is 437 g/mol. The van der Waals surface area contributed by atoms with Crippen molar-refractivity contribution >= 4 is 63.0 Å². The maximum Gasteiger partial charge on any atom is 0.294 e. The van der Waals surface area contributed by atoms with E-state index in [1.165, 1.54) is 0 Å². The summed E-state index contributed by atoms with van der Waals surface area (Å²) in [5.74, 6) is -0.940. The number of amides is 3. The van der Waals surface area contributed by atoms with E-state index in [2.05, 4.69) is 5.32 Å². The highest BCUT2D eigenvalue weighted by Crippen LogP contribution is 2.33. The number of nitrogens with one attached hydrogen (secondary N) is 1. The van der Waals surface area contributed by atoms with Gasteiger partial charge < -0.3 is 5.32 Å². The first kappa shape index (κ1) is 20.2. The molecular weight excluding hydrogens is 420 g/mol. The number of nitrogens with zero attached hydrogens (tertiary/aromatic N) is 1. The zero-order valence-electron chi connectivity index (χ0n) is 16.0. The van der Waals surface area contributed by atoms with Gasteiger partial charge in [-0.15, -0.1) is 0 Å². The molecule has 1 fully saturated rings. The molecule has 0 aliphatic carbocycles. The van der Waals surface area contributed by atoms with Gasteiger partial charge in [0.15, 0.2) is 0 Å². The van der Waals surface area contributed by atoms with Gasteiger partial charge in [0.05, 0.1) is 4.91 Å². The van der Waals surface area contributed by atoms with Crippen molar-refractivity contribution in [1.29, 1.82) is 0 Å². The maximum atomic E-state index is 12.8. The molecule has 0 aromatic heterocycles. The van der Waals surface area contributed by atoms with Crippen molar-refractivity contribution in [2.24, 2.45) is 0 Å². The van der Waals surface area contributed by atoms with Crippen LogP contribution in [0.3, 0.4) is 0 Å². The van der Waals surface area contributed by atoms with Crippen molar-refractivity contribution < 1.29 is 14.4 Å². The Labute approximate surface area is 182 Å². The molecule has 5 nitrogen and oxygen atoms in total. The third kappa shape index (κ3) is 4.10. The van der Waals surface area contributed by atoms with E-state index in [1.807, 2.05) is 49.4 Å². The first-order valence-corrected chi connectivity index (χ1v) is 10.4. The number of benzene rings is 3. The number of imide groups is 1. The Morgan fingerprint density at radius 2 is 1.87 bits per heavy atom. The fourth-order valence-corrected chi connectivity index (χ4v) is 4.22. The Morgan fingerprint density at radius 1 is 1.10 bits per heavy atom. The van der Waals surface area contributed by atoms with Gasteiger partial charge in [0.1, 0.15) is 6.54 Å². The van der Waals surface area contributed by atoms with Gasteiger partial charge in [0.25, 0.3) is 11.1 Å². The van der Waals surface area contributed by atoms with Gasteiger partial charge in [0.2, 0.25) is 5.91 Å². The van der Waals surface area contributed by atoms with E-state index < -0.39 is 17.1 Å². The molecule has 0 unspecified atom stereocenters. The molecule has 1 aliphatic heterocycles. The molecule has 3 aromatic carbocycles. The predicted molar refractivity (Wildman–Crippen MR) is 121 cm³/mol. The van der Waals surface area contributed by atoms with Crippen LogP contribution in [0.1, 0.15) is 11.1 Å². The van der Waals surface area contributed by atoms with Crippen molar-refractivity contribution in [2.45, 2.75) is 6.92 Å². The number of aryl methyl sites for hydroxylation is 1. The van der Waals surface area contributed by atoms with Gasteiger partial charge in [0, 0.05) is 10.7 Å². The number of thioether (sulfide) groups is 1. The Balaban J connectivity index is 1.53.